The number of aliphatic hydroxyl groups is 3. The van der Waals surface area contributed by atoms with E-state index in [9.17, 15) is 10.2 Å². The molecule has 1 fully saturated rings. The highest BCUT2D eigenvalue weighted by Gasteiger charge is 2.43. The number of hydrogen-bond donors (Lipinski definition) is 3. The standard InChI is InChI=1S/C12H16O6/c1-16-7-3-2-4-8(5-7)17-12-11(15)10(14)9(6-13)18-12/h2-5,9-15H,6H2,1H3/t9-,10-,11-,12+/m1/s1. The van der Waals surface area contributed by atoms with Gasteiger partial charge in [0, 0.05) is 6.07 Å². The fraction of sp³-hybridized carbons (Fsp3) is 0.500. The van der Waals surface area contributed by atoms with Gasteiger partial charge in [-0.25, -0.2) is 0 Å². The number of benzene rings is 1. The largest absolute Gasteiger partial charge is 0.497 e. The molecule has 0 aromatic heterocycles. The van der Waals surface area contributed by atoms with E-state index in [1.165, 1.54) is 7.11 Å². The third-order valence-corrected chi connectivity index (χ3v) is 2.79. The molecule has 1 aromatic carbocycles. The first-order chi connectivity index (χ1) is 8.65. The molecule has 0 amide bonds. The SMILES string of the molecule is COc1cccc(O[C@H]2O[C@H](CO)[C@@H](O)[C@H]2O)c1. The van der Waals surface area contributed by atoms with E-state index in [-0.39, 0.29) is 6.61 Å². The highest BCUT2D eigenvalue weighted by atomic mass is 16.7. The van der Waals surface area contributed by atoms with Crippen LogP contribution < -0.4 is 9.47 Å². The summed E-state index contributed by atoms with van der Waals surface area (Å²) in [7, 11) is 1.53. The summed E-state index contributed by atoms with van der Waals surface area (Å²) in [6.45, 7) is -0.379. The molecule has 1 aliphatic rings. The zero-order valence-electron chi connectivity index (χ0n) is 9.89. The molecule has 0 aliphatic carbocycles. The fourth-order valence-corrected chi connectivity index (χ4v) is 1.77. The molecule has 3 N–H and O–H groups in total. The number of hydrogen-bond acceptors (Lipinski definition) is 6. The van der Waals surface area contributed by atoms with Gasteiger partial charge in [0.1, 0.15) is 29.8 Å². The summed E-state index contributed by atoms with van der Waals surface area (Å²) >= 11 is 0. The van der Waals surface area contributed by atoms with E-state index in [4.69, 9.17) is 19.3 Å². The summed E-state index contributed by atoms with van der Waals surface area (Å²) < 4.78 is 15.6. The Balaban J connectivity index is 2.05. The summed E-state index contributed by atoms with van der Waals surface area (Å²) in [5, 5.41) is 28.2. The first-order valence-electron chi connectivity index (χ1n) is 5.59. The van der Waals surface area contributed by atoms with Crippen molar-refractivity contribution in [3.05, 3.63) is 24.3 Å². The highest BCUT2D eigenvalue weighted by Crippen LogP contribution is 2.26. The van der Waals surface area contributed by atoms with Crippen LogP contribution in [0.5, 0.6) is 11.5 Å². The number of ether oxygens (including phenoxy) is 3. The van der Waals surface area contributed by atoms with Gasteiger partial charge in [0.25, 0.3) is 0 Å². The molecule has 1 saturated heterocycles. The Hall–Kier alpha value is -1.34. The Morgan fingerprint density at radius 1 is 1.22 bits per heavy atom. The summed E-state index contributed by atoms with van der Waals surface area (Å²) in [6, 6.07) is 6.80. The molecular formula is C12H16O6. The first kappa shape index (κ1) is 13.1. The van der Waals surface area contributed by atoms with Crippen LogP contribution in [0.4, 0.5) is 0 Å². The van der Waals surface area contributed by atoms with Crippen LogP contribution >= 0.6 is 0 Å². The van der Waals surface area contributed by atoms with Crippen molar-refractivity contribution in [2.75, 3.05) is 13.7 Å². The zero-order chi connectivity index (χ0) is 13.1. The van der Waals surface area contributed by atoms with Crippen molar-refractivity contribution < 1.29 is 29.5 Å². The first-order valence-corrected chi connectivity index (χ1v) is 5.59. The zero-order valence-corrected chi connectivity index (χ0v) is 9.89. The van der Waals surface area contributed by atoms with Crippen LogP contribution in [0, 0.1) is 0 Å². The van der Waals surface area contributed by atoms with Crippen LogP contribution in [0.1, 0.15) is 0 Å². The van der Waals surface area contributed by atoms with Crippen molar-refractivity contribution in [3.63, 3.8) is 0 Å². The number of methoxy groups -OCH3 is 1. The van der Waals surface area contributed by atoms with Gasteiger partial charge in [-0.2, -0.15) is 0 Å². The van der Waals surface area contributed by atoms with Crippen molar-refractivity contribution in [2.24, 2.45) is 0 Å². The number of aliphatic hydroxyl groups excluding tert-OH is 3. The minimum Gasteiger partial charge on any atom is -0.497 e. The van der Waals surface area contributed by atoms with Crippen LogP contribution in [-0.4, -0.2) is 53.6 Å². The lowest BCUT2D eigenvalue weighted by molar-refractivity contribution is -0.116. The molecule has 0 saturated carbocycles. The predicted molar refractivity (Wildman–Crippen MR) is 61.4 cm³/mol. The van der Waals surface area contributed by atoms with Crippen molar-refractivity contribution in [1.29, 1.82) is 0 Å². The topological polar surface area (TPSA) is 88.4 Å². The average Bonchev–Trinajstić information content (AvgIpc) is 2.67. The second-order valence-corrected chi connectivity index (χ2v) is 4.00. The maximum atomic E-state index is 9.70. The molecule has 100 valence electrons. The molecule has 4 atom stereocenters. The smallest absolute Gasteiger partial charge is 0.229 e. The van der Waals surface area contributed by atoms with Crippen molar-refractivity contribution in [2.45, 2.75) is 24.6 Å². The van der Waals surface area contributed by atoms with Crippen LogP contribution in [-0.2, 0) is 4.74 Å². The quantitative estimate of drug-likeness (QED) is 0.674. The van der Waals surface area contributed by atoms with Gasteiger partial charge >= 0.3 is 0 Å². The van der Waals surface area contributed by atoms with Gasteiger partial charge in [-0.1, -0.05) is 6.07 Å². The lowest BCUT2D eigenvalue weighted by atomic mass is 10.1. The summed E-state index contributed by atoms with van der Waals surface area (Å²) in [5.41, 5.74) is 0. The van der Waals surface area contributed by atoms with Crippen molar-refractivity contribution in [1.82, 2.24) is 0 Å². The number of rotatable bonds is 4. The third-order valence-electron chi connectivity index (χ3n) is 2.79. The predicted octanol–water partition coefficient (Wildman–Crippen LogP) is -0.487. The highest BCUT2D eigenvalue weighted by molar-refractivity contribution is 5.33. The van der Waals surface area contributed by atoms with Crippen molar-refractivity contribution >= 4 is 0 Å². The monoisotopic (exact) mass is 256 g/mol. The third kappa shape index (κ3) is 2.56. The van der Waals surface area contributed by atoms with Crippen LogP contribution in [0.25, 0.3) is 0 Å². The van der Waals surface area contributed by atoms with Crippen LogP contribution in [0.15, 0.2) is 24.3 Å². The summed E-state index contributed by atoms with van der Waals surface area (Å²) in [6.07, 6.45) is -4.21. The van der Waals surface area contributed by atoms with E-state index in [1.807, 2.05) is 0 Å². The fourth-order valence-electron chi connectivity index (χ4n) is 1.77. The molecule has 1 heterocycles. The Bertz CT molecular complexity index is 396. The van der Waals surface area contributed by atoms with E-state index in [0.717, 1.165) is 0 Å². The Kier molecular flexibility index (Phi) is 4.03. The molecule has 0 radical (unpaired) electrons. The van der Waals surface area contributed by atoms with E-state index in [2.05, 4.69) is 0 Å². The van der Waals surface area contributed by atoms with Gasteiger partial charge in [0.2, 0.25) is 6.29 Å². The van der Waals surface area contributed by atoms with Gasteiger partial charge in [0.05, 0.1) is 13.7 Å². The second kappa shape index (κ2) is 5.53. The molecule has 1 aromatic rings. The van der Waals surface area contributed by atoms with Gasteiger partial charge in [-0.05, 0) is 12.1 Å². The molecule has 0 unspecified atom stereocenters. The maximum Gasteiger partial charge on any atom is 0.229 e. The summed E-state index contributed by atoms with van der Waals surface area (Å²) in [5.74, 6) is 1.06. The lowest BCUT2D eigenvalue weighted by Crippen LogP contribution is -2.35. The Labute approximate surface area is 104 Å². The maximum absolute atomic E-state index is 9.70. The van der Waals surface area contributed by atoms with Gasteiger partial charge in [-0.15, -0.1) is 0 Å². The lowest BCUT2D eigenvalue weighted by Gasteiger charge is -2.17. The molecular weight excluding hydrogens is 240 g/mol. The summed E-state index contributed by atoms with van der Waals surface area (Å²) in [4.78, 5) is 0. The van der Waals surface area contributed by atoms with E-state index >= 15 is 0 Å². The molecule has 18 heavy (non-hydrogen) atoms. The molecule has 6 nitrogen and oxygen atoms in total. The molecule has 0 bridgehead atoms. The minimum atomic E-state index is -1.20. The van der Waals surface area contributed by atoms with Gasteiger partial charge < -0.3 is 29.5 Å². The molecule has 1 aliphatic heterocycles. The van der Waals surface area contributed by atoms with E-state index < -0.39 is 24.6 Å². The van der Waals surface area contributed by atoms with Crippen LogP contribution in [0.2, 0.25) is 0 Å². The molecule has 6 heteroatoms. The minimum absolute atomic E-state index is 0.379. The second-order valence-electron chi connectivity index (χ2n) is 4.00. The van der Waals surface area contributed by atoms with Gasteiger partial charge in [0.15, 0.2) is 0 Å². The normalized spacial score (nSPS) is 31.3. The van der Waals surface area contributed by atoms with Gasteiger partial charge in [-0.3, -0.25) is 0 Å². The Morgan fingerprint density at radius 3 is 2.56 bits per heavy atom. The van der Waals surface area contributed by atoms with E-state index in [1.54, 1.807) is 24.3 Å². The Morgan fingerprint density at radius 2 is 1.94 bits per heavy atom. The van der Waals surface area contributed by atoms with Crippen molar-refractivity contribution in [3.8, 4) is 11.5 Å². The van der Waals surface area contributed by atoms with Crippen LogP contribution in [0.3, 0.4) is 0 Å². The molecule has 0 spiro atoms. The molecule has 2 rings (SSSR count). The average molecular weight is 256 g/mol. The van der Waals surface area contributed by atoms with E-state index in [0.29, 0.717) is 11.5 Å².